The van der Waals surface area contributed by atoms with Crippen LogP contribution in [0.2, 0.25) is 0 Å². The highest BCUT2D eigenvalue weighted by Crippen LogP contribution is 2.44. The van der Waals surface area contributed by atoms with Crippen LogP contribution in [-0.4, -0.2) is 42.3 Å². The molecule has 1 fully saturated rings. The number of alkyl carbamates (subject to hydrolysis) is 1. The fourth-order valence-electron chi connectivity index (χ4n) is 4.97. The van der Waals surface area contributed by atoms with Gasteiger partial charge in [-0.25, -0.2) is 4.79 Å². The number of carbonyl (C=O) groups excluding carboxylic acids is 2. The summed E-state index contributed by atoms with van der Waals surface area (Å²) in [6.07, 6.45) is 3.27. The van der Waals surface area contributed by atoms with Crippen molar-refractivity contribution in [2.75, 3.05) is 13.2 Å². The lowest BCUT2D eigenvalue weighted by Crippen LogP contribution is -2.49. The normalized spacial score (nSPS) is 16.5. The Morgan fingerprint density at radius 2 is 1.65 bits per heavy atom. The second-order valence-electron chi connectivity index (χ2n) is 9.19. The standard InChI is InChI=1S/C27H32N2O5/c1-2-8-24(25(30)28-15-22(26(31)32)17-9-7-10-17)29-27(33)34-16-23-20-13-5-3-11-18(20)19-12-4-6-14-21(19)23/h3-6,11-14,17,22-24H,2,7-10,15-16H2,1H3,(H,28,30)(H,29,33)(H,31,32)/t22?,24-/m0/s1. The summed E-state index contributed by atoms with van der Waals surface area (Å²) in [5, 5.41) is 14.9. The molecular formula is C27H32N2O5. The van der Waals surface area contributed by atoms with E-state index in [4.69, 9.17) is 4.74 Å². The van der Waals surface area contributed by atoms with E-state index in [1.165, 1.54) is 0 Å². The minimum absolute atomic E-state index is 0.0598. The lowest BCUT2D eigenvalue weighted by molar-refractivity contribution is -0.144. The molecule has 2 aliphatic carbocycles. The van der Waals surface area contributed by atoms with Crippen LogP contribution in [0.4, 0.5) is 4.79 Å². The van der Waals surface area contributed by atoms with Gasteiger partial charge in [-0.3, -0.25) is 9.59 Å². The van der Waals surface area contributed by atoms with Gasteiger partial charge in [-0.2, -0.15) is 0 Å². The monoisotopic (exact) mass is 464 g/mol. The maximum atomic E-state index is 12.7. The number of carboxylic acid groups (broad SMARTS) is 1. The molecule has 7 nitrogen and oxygen atoms in total. The zero-order valence-corrected chi connectivity index (χ0v) is 19.5. The number of benzene rings is 2. The van der Waals surface area contributed by atoms with Gasteiger partial charge in [0.1, 0.15) is 12.6 Å². The van der Waals surface area contributed by atoms with Crippen LogP contribution < -0.4 is 10.6 Å². The Bertz CT molecular complexity index is 1000. The summed E-state index contributed by atoms with van der Waals surface area (Å²) in [5.74, 6) is -1.80. The first kappa shape index (κ1) is 23.8. The molecule has 4 rings (SSSR count). The molecule has 0 radical (unpaired) electrons. The number of fused-ring (bicyclic) bond motifs is 3. The molecule has 2 aliphatic rings. The van der Waals surface area contributed by atoms with Crippen LogP contribution in [0.25, 0.3) is 11.1 Å². The highest BCUT2D eigenvalue weighted by molar-refractivity contribution is 5.86. The fourth-order valence-corrected chi connectivity index (χ4v) is 4.97. The summed E-state index contributed by atoms with van der Waals surface area (Å²) >= 11 is 0. The molecule has 0 bridgehead atoms. The first-order valence-corrected chi connectivity index (χ1v) is 12.1. The van der Waals surface area contributed by atoms with E-state index in [0.717, 1.165) is 41.5 Å². The van der Waals surface area contributed by atoms with Crippen LogP contribution in [0, 0.1) is 11.8 Å². The quantitative estimate of drug-likeness (QED) is 0.486. The third-order valence-corrected chi connectivity index (χ3v) is 7.06. The summed E-state index contributed by atoms with van der Waals surface area (Å²) in [5.41, 5.74) is 4.54. The summed E-state index contributed by atoms with van der Waals surface area (Å²) in [6.45, 7) is 2.17. The van der Waals surface area contributed by atoms with Crippen LogP contribution in [0.1, 0.15) is 56.1 Å². The van der Waals surface area contributed by atoms with Crippen LogP contribution in [0.3, 0.4) is 0 Å². The van der Waals surface area contributed by atoms with Gasteiger partial charge < -0.3 is 20.5 Å². The van der Waals surface area contributed by atoms with Crippen molar-refractivity contribution in [3.8, 4) is 11.1 Å². The maximum Gasteiger partial charge on any atom is 0.407 e. The average molecular weight is 465 g/mol. The Morgan fingerprint density at radius 1 is 1.03 bits per heavy atom. The van der Waals surface area contributed by atoms with Crippen molar-refractivity contribution < 1.29 is 24.2 Å². The van der Waals surface area contributed by atoms with Crippen molar-refractivity contribution in [1.82, 2.24) is 10.6 Å². The van der Waals surface area contributed by atoms with Gasteiger partial charge in [-0.05, 0) is 47.4 Å². The summed E-state index contributed by atoms with van der Waals surface area (Å²) < 4.78 is 5.57. The van der Waals surface area contributed by atoms with Crippen LogP contribution in [-0.2, 0) is 14.3 Å². The molecule has 2 amide bonds. The number of carboxylic acids is 1. The van der Waals surface area contributed by atoms with Crippen molar-refractivity contribution in [2.24, 2.45) is 11.8 Å². The van der Waals surface area contributed by atoms with Gasteiger partial charge in [0.15, 0.2) is 0 Å². The van der Waals surface area contributed by atoms with Crippen molar-refractivity contribution in [3.05, 3.63) is 59.7 Å². The minimum Gasteiger partial charge on any atom is -0.481 e. The van der Waals surface area contributed by atoms with Gasteiger partial charge in [0.05, 0.1) is 5.92 Å². The molecule has 1 unspecified atom stereocenters. The molecule has 34 heavy (non-hydrogen) atoms. The lowest BCUT2D eigenvalue weighted by Gasteiger charge is -2.31. The molecule has 0 saturated heterocycles. The molecule has 0 heterocycles. The molecule has 180 valence electrons. The van der Waals surface area contributed by atoms with E-state index < -0.39 is 24.0 Å². The predicted molar refractivity (Wildman–Crippen MR) is 128 cm³/mol. The third-order valence-electron chi connectivity index (χ3n) is 7.06. The summed E-state index contributed by atoms with van der Waals surface area (Å²) in [7, 11) is 0. The van der Waals surface area contributed by atoms with Gasteiger partial charge in [-0.15, -0.1) is 0 Å². The zero-order chi connectivity index (χ0) is 24.1. The number of ether oxygens (including phenoxy) is 1. The van der Waals surface area contributed by atoms with Crippen LogP contribution in [0.5, 0.6) is 0 Å². The molecule has 1 saturated carbocycles. The predicted octanol–water partition coefficient (Wildman–Crippen LogP) is 4.31. The van der Waals surface area contributed by atoms with Crippen molar-refractivity contribution in [2.45, 2.75) is 51.0 Å². The van der Waals surface area contributed by atoms with E-state index in [2.05, 4.69) is 34.9 Å². The van der Waals surface area contributed by atoms with Crippen molar-refractivity contribution >= 4 is 18.0 Å². The molecule has 0 aromatic heterocycles. The minimum atomic E-state index is -0.887. The number of rotatable bonds is 10. The molecule has 2 aromatic carbocycles. The van der Waals surface area contributed by atoms with Gasteiger partial charge >= 0.3 is 12.1 Å². The van der Waals surface area contributed by atoms with E-state index in [1.54, 1.807) is 0 Å². The van der Waals surface area contributed by atoms with E-state index in [9.17, 15) is 19.5 Å². The number of carbonyl (C=O) groups is 3. The molecule has 0 spiro atoms. The Morgan fingerprint density at radius 3 is 2.18 bits per heavy atom. The number of aliphatic carboxylic acids is 1. The largest absolute Gasteiger partial charge is 0.481 e. The smallest absolute Gasteiger partial charge is 0.407 e. The molecule has 0 aliphatic heterocycles. The number of nitrogens with one attached hydrogen (secondary N) is 2. The SMILES string of the molecule is CCC[C@H](NC(=O)OCC1c2ccccc2-c2ccccc21)C(=O)NCC(C(=O)O)C1CCC1. The molecule has 7 heteroatoms. The Kier molecular flexibility index (Phi) is 7.50. The van der Waals surface area contributed by atoms with Gasteiger partial charge in [0, 0.05) is 12.5 Å². The number of hydrogen-bond donors (Lipinski definition) is 3. The van der Waals surface area contributed by atoms with E-state index in [1.807, 2.05) is 31.2 Å². The summed E-state index contributed by atoms with van der Waals surface area (Å²) in [6, 6.07) is 15.4. The van der Waals surface area contributed by atoms with E-state index in [0.29, 0.717) is 12.8 Å². The molecule has 2 aromatic rings. The van der Waals surface area contributed by atoms with Gasteiger partial charge in [-0.1, -0.05) is 68.3 Å². The van der Waals surface area contributed by atoms with Gasteiger partial charge in [0.25, 0.3) is 0 Å². The fraction of sp³-hybridized carbons (Fsp3) is 0.444. The average Bonchev–Trinajstić information content (AvgIpc) is 3.12. The third kappa shape index (κ3) is 5.08. The second kappa shape index (κ2) is 10.7. The highest BCUT2D eigenvalue weighted by atomic mass is 16.5. The number of amides is 2. The zero-order valence-electron chi connectivity index (χ0n) is 19.5. The molecule has 2 atom stereocenters. The lowest BCUT2D eigenvalue weighted by atomic mass is 9.76. The molecule has 3 N–H and O–H groups in total. The van der Waals surface area contributed by atoms with Crippen LogP contribution >= 0.6 is 0 Å². The Labute approximate surface area is 199 Å². The highest BCUT2D eigenvalue weighted by Gasteiger charge is 2.34. The summed E-state index contributed by atoms with van der Waals surface area (Å²) in [4.78, 5) is 36.9. The Balaban J connectivity index is 1.34. The first-order chi connectivity index (χ1) is 16.5. The van der Waals surface area contributed by atoms with Gasteiger partial charge in [0.2, 0.25) is 5.91 Å². The van der Waals surface area contributed by atoms with Crippen molar-refractivity contribution in [3.63, 3.8) is 0 Å². The maximum absolute atomic E-state index is 12.7. The van der Waals surface area contributed by atoms with E-state index >= 15 is 0 Å². The number of hydrogen-bond acceptors (Lipinski definition) is 4. The topological polar surface area (TPSA) is 105 Å². The first-order valence-electron chi connectivity index (χ1n) is 12.1. The van der Waals surface area contributed by atoms with Crippen molar-refractivity contribution in [1.29, 1.82) is 0 Å². The van der Waals surface area contributed by atoms with E-state index in [-0.39, 0.29) is 30.9 Å². The molecular weight excluding hydrogens is 432 g/mol. The van der Waals surface area contributed by atoms with Crippen LogP contribution in [0.15, 0.2) is 48.5 Å². The Hall–Kier alpha value is -3.35. The second-order valence-corrected chi connectivity index (χ2v) is 9.19.